The molecule has 27 heavy (non-hydrogen) atoms. The Morgan fingerprint density at radius 2 is 1.93 bits per heavy atom. The van der Waals surface area contributed by atoms with Crippen molar-refractivity contribution in [3.05, 3.63) is 57.9 Å². The fraction of sp³-hybridized carbons (Fsp3) is 0.235. The number of pyridine rings is 1. The molecule has 4 rings (SSSR count). The number of ketones is 1. The van der Waals surface area contributed by atoms with Gasteiger partial charge in [-0.1, -0.05) is 17.7 Å². The van der Waals surface area contributed by atoms with Crippen molar-refractivity contribution in [3.8, 4) is 0 Å². The second-order valence-electron chi connectivity index (χ2n) is 6.47. The number of carbonyl (C=O) groups excluding carboxylic acids is 1. The van der Waals surface area contributed by atoms with Crippen LogP contribution in [-0.4, -0.2) is 33.3 Å². The van der Waals surface area contributed by atoms with E-state index in [1.807, 2.05) is 6.92 Å². The summed E-state index contributed by atoms with van der Waals surface area (Å²) in [7, 11) is -4.11. The van der Waals surface area contributed by atoms with Gasteiger partial charge in [0.05, 0.1) is 15.2 Å². The third kappa shape index (κ3) is 2.87. The molecule has 0 N–H and O–H groups in total. The zero-order valence-corrected chi connectivity index (χ0v) is 15.0. The van der Waals surface area contributed by atoms with Crippen LogP contribution in [0.5, 0.6) is 0 Å². The van der Waals surface area contributed by atoms with Crippen LogP contribution in [0.4, 0.5) is 5.69 Å². The number of benzene rings is 1. The molecule has 0 aliphatic heterocycles. The molecule has 2 heterocycles. The van der Waals surface area contributed by atoms with Crippen LogP contribution >= 0.6 is 0 Å². The average molecular weight is 386 g/mol. The van der Waals surface area contributed by atoms with Gasteiger partial charge in [-0.3, -0.25) is 14.9 Å². The van der Waals surface area contributed by atoms with Gasteiger partial charge < -0.3 is 0 Å². The predicted octanol–water partition coefficient (Wildman–Crippen LogP) is 2.48. The summed E-state index contributed by atoms with van der Waals surface area (Å²) >= 11 is 0. The lowest BCUT2D eigenvalue weighted by atomic mass is 10.1. The lowest BCUT2D eigenvalue weighted by Crippen LogP contribution is -2.16. The van der Waals surface area contributed by atoms with Crippen molar-refractivity contribution < 1.29 is 18.1 Å². The van der Waals surface area contributed by atoms with E-state index in [-0.39, 0.29) is 39.0 Å². The minimum atomic E-state index is -4.11. The first-order chi connectivity index (χ1) is 12.8. The fourth-order valence-corrected chi connectivity index (χ4v) is 4.01. The summed E-state index contributed by atoms with van der Waals surface area (Å²) in [6.45, 7) is 1.83. The summed E-state index contributed by atoms with van der Waals surface area (Å²) in [5.41, 5.74) is 0.349. The molecule has 1 aliphatic carbocycles. The van der Waals surface area contributed by atoms with E-state index < -0.39 is 14.9 Å². The number of fused-ring (bicyclic) bond motifs is 1. The molecule has 0 spiro atoms. The minimum Gasteiger partial charge on any atom is -0.292 e. The van der Waals surface area contributed by atoms with Crippen LogP contribution in [0.1, 0.15) is 28.9 Å². The van der Waals surface area contributed by atoms with E-state index in [2.05, 4.69) is 10.1 Å². The molecular formula is C17H14N4O5S. The Morgan fingerprint density at radius 1 is 1.26 bits per heavy atom. The summed E-state index contributed by atoms with van der Waals surface area (Å²) in [5.74, 6) is -0.543. The first kappa shape index (κ1) is 17.3. The number of hydrogen-bond donors (Lipinski definition) is 0. The van der Waals surface area contributed by atoms with Gasteiger partial charge in [0.25, 0.3) is 15.7 Å². The highest BCUT2D eigenvalue weighted by Gasteiger charge is 2.35. The maximum Gasteiger partial charge on any atom is 0.288 e. The van der Waals surface area contributed by atoms with Crippen LogP contribution in [0.2, 0.25) is 0 Å². The topological polar surface area (TPSA) is 125 Å². The van der Waals surface area contributed by atoms with Gasteiger partial charge in [-0.05, 0) is 31.9 Å². The van der Waals surface area contributed by atoms with E-state index in [0.717, 1.165) is 17.8 Å². The molecule has 1 aromatic carbocycles. The number of aryl methyl sites for hydroxylation is 1. The Kier molecular flexibility index (Phi) is 3.81. The Balaban J connectivity index is 1.96. The highest BCUT2D eigenvalue weighted by molar-refractivity contribution is 7.90. The average Bonchev–Trinajstić information content (AvgIpc) is 3.41. The molecule has 0 unspecified atom stereocenters. The monoisotopic (exact) mass is 386 g/mol. The van der Waals surface area contributed by atoms with Crippen LogP contribution in [0.3, 0.4) is 0 Å². The molecule has 1 saturated carbocycles. The van der Waals surface area contributed by atoms with Crippen molar-refractivity contribution in [1.82, 2.24) is 14.2 Å². The van der Waals surface area contributed by atoms with Gasteiger partial charge in [0.15, 0.2) is 11.4 Å². The largest absolute Gasteiger partial charge is 0.292 e. The maximum absolute atomic E-state index is 13.0. The van der Waals surface area contributed by atoms with Gasteiger partial charge in [0.1, 0.15) is 11.9 Å². The van der Waals surface area contributed by atoms with Crippen molar-refractivity contribution in [2.45, 2.75) is 24.7 Å². The SMILES string of the molecule is Cc1ccc(S(=O)(=O)n2nc(C(=O)C3CC3)c3cc([N+](=O)[O-])cnc32)cc1. The molecule has 10 heteroatoms. The van der Waals surface area contributed by atoms with Gasteiger partial charge >= 0.3 is 0 Å². The lowest BCUT2D eigenvalue weighted by Gasteiger charge is -2.05. The predicted molar refractivity (Wildman–Crippen MR) is 95.0 cm³/mol. The van der Waals surface area contributed by atoms with Crippen LogP contribution in [0.15, 0.2) is 41.4 Å². The number of Topliss-reactive ketones (excluding diaryl/α,β-unsaturated/α-hetero) is 1. The van der Waals surface area contributed by atoms with E-state index in [4.69, 9.17) is 0 Å². The Morgan fingerprint density at radius 3 is 2.52 bits per heavy atom. The molecule has 3 aromatic rings. The van der Waals surface area contributed by atoms with Crippen molar-refractivity contribution in [2.75, 3.05) is 0 Å². The quantitative estimate of drug-likeness (QED) is 0.374. The summed E-state index contributed by atoms with van der Waals surface area (Å²) in [6, 6.07) is 7.31. The van der Waals surface area contributed by atoms with E-state index in [0.29, 0.717) is 16.9 Å². The highest BCUT2D eigenvalue weighted by Crippen LogP contribution is 2.35. The summed E-state index contributed by atoms with van der Waals surface area (Å²) in [6.07, 6.45) is 2.34. The molecule has 0 saturated heterocycles. The zero-order valence-electron chi connectivity index (χ0n) is 14.2. The first-order valence-corrected chi connectivity index (χ1v) is 9.62. The van der Waals surface area contributed by atoms with E-state index in [1.165, 1.54) is 12.1 Å². The summed E-state index contributed by atoms with van der Waals surface area (Å²) < 4.78 is 26.7. The van der Waals surface area contributed by atoms with Crippen molar-refractivity contribution in [3.63, 3.8) is 0 Å². The Bertz CT molecular complexity index is 1190. The van der Waals surface area contributed by atoms with E-state index >= 15 is 0 Å². The van der Waals surface area contributed by atoms with Gasteiger partial charge in [0, 0.05) is 12.0 Å². The maximum atomic E-state index is 13.0. The highest BCUT2D eigenvalue weighted by atomic mass is 32.2. The molecule has 138 valence electrons. The second-order valence-corrected chi connectivity index (χ2v) is 8.24. The lowest BCUT2D eigenvalue weighted by molar-refractivity contribution is -0.385. The van der Waals surface area contributed by atoms with Crippen LogP contribution in [-0.2, 0) is 10.0 Å². The molecule has 2 aromatic heterocycles. The third-order valence-electron chi connectivity index (χ3n) is 4.42. The van der Waals surface area contributed by atoms with Gasteiger partial charge in [-0.15, -0.1) is 4.09 Å². The van der Waals surface area contributed by atoms with Crippen LogP contribution in [0.25, 0.3) is 11.0 Å². The number of rotatable bonds is 5. The zero-order chi connectivity index (χ0) is 19.3. The molecular weight excluding hydrogens is 372 g/mol. The summed E-state index contributed by atoms with van der Waals surface area (Å²) in [4.78, 5) is 26.9. The molecule has 0 radical (unpaired) electrons. The van der Waals surface area contributed by atoms with Gasteiger partial charge in [0.2, 0.25) is 0 Å². The second kappa shape index (κ2) is 5.95. The van der Waals surface area contributed by atoms with E-state index in [1.54, 1.807) is 12.1 Å². The standard InChI is InChI=1S/C17H14N4O5S/c1-10-2-6-13(7-3-10)27(25,26)20-17-14(8-12(9-18-17)21(23)24)15(19-20)16(22)11-4-5-11/h2-3,6-9,11H,4-5H2,1H3. The number of aromatic nitrogens is 3. The third-order valence-corrected chi connectivity index (χ3v) is 6.00. The van der Waals surface area contributed by atoms with Gasteiger partial charge in [-0.2, -0.15) is 13.5 Å². The number of carbonyl (C=O) groups is 1. The molecule has 0 atom stereocenters. The normalized spacial score (nSPS) is 14.4. The van der Waals surface area contributed by atoms with Crippen molar-refractivity contribution >= 4 is 32.5 Å². The molecule has 1 aliphatic rings. The van der Waals surface area contributed by atoms with Crippen LogP contribution in [0, 0.1) is 23.0 Å². The van der Waals surface area contributed by atoms with Gasteiger partial charge in [-0.25, -0.2) is 4.98 Å². The molecule has 9 nitrogen and oxygen atoms in total. The number of nitro groups is 1. The van der Waals surface area contributed by atoms with Crippen LogP contribution < -0.4 is 0 Å². The smallest absolute Gasteiger partial charge is 0.288 e. The summed E-state index contributed by atoms with van der Waals surface area (Å²) in [5, 5.41) is 15.1. The molecule has 0 bridgehead atoms. The first-order valence-electron chi connectivity index (χ1n) is 8.18. The molecule has 1 fully saturated rings. The van der Waals surface area contributed by atoms with Crippen molar-refractivity contribution in [2.24, 2.45) is 5.92 Å². The Labute approximate surface area is 153 Å². The number of nitrogens with zero attached hydrogens (tertiary/aromatic N) is 4. The Hall–Kier alpha value is -3.14. The van der Waals surface area contributed by atoms with E-state index in [9.17, 15) is 23.3 Å². The van der Waals surface area contributed by atoms with Crippen molar-refractivity contribution in [1.29, 1.82) is 0 Å². The number of hydrogen-bond acceptors (Lipinski definition) is 7. The fourth-order valence-electron chi connectivity index (χ4n) is 2.76. The molecule has 0 amide bonds. The minimum absolute atomic E-state index is 0.0110.